The molecule has 0 atom stereocenters. The molecule has 110 valence electrons. The Morgan fingerprint density at radius 3 is 2.73 bits per heavy atom. The lowest BCUT2D eigenvalue weighted by Crippen LogP contribution is -1.96. The molecule has 1 N–H and O–H groups in total. The van der Waals surface area contributed by atoms with Gasteiger partial charge < -0.3 is 4.74 Å². The van der Waals surface area contributed by atoms with E-state index in [0.29, 0.717) is 0 Å². The summed E-state index contributed by atoms with van der Waals surface area (Å²) in [6.45, 7) is 1.97. The number of hydrogen-bond donors (Lipinski definition) is 1. The van der Waals surface area contributed by atoms with E-state index in [2.05, 4.69) is 15.5 Å². The normalized spacial score (nSPS) is 11.0. The van der Waals surface area contributed by atoms with Crippen LogP contribution in [0.25, 0.3) is 10.9 Å². The third-order valence-corrected chi connectivity index (χ3v) is 3.37. The summed E-state index contributed by atoms with van der Waals surface area (Å²) in [6, 6.07) is 17.7. The molecule has 4 nitrogen and oxygen atoms in total. The van der Waals surface area contributed by atoms with E-state index >= 15 is 0 Å². The molecule has 0 spiro atoms. The van der Waals surface area contributed by atoms with Gasteiger partial charge in [0, 0.05) is 16.6 Å². The maximum absolute atomic E-state index is 5.31. The average Bonchev–Trinajstić information content (AvgIpc) is 2.55. The lowest BCUT2D eigenvalue weighted by atomic mass is 10.1. The summed E-state index contributed by atoms with van der Waals surface area (Å²) in [6.07, 6.45) is 1.75. The van der Waals surface area contributed by atoms with E-state index in [-0.39, 0.29) is 0 Å². The molecule has 0 unspecified atom stereocenters. The summed E-state index contributed by atoms with van der Waals surface area (Å²) in [7, 11) is 1.65. The predicted molar refractivity (Wildman–Crippen MR) is 90.7 cm³/mol. The van der Waals surface area contributed by atoms with Crippen LogP contribution in [0, 0.1) is 6.92 Å². The van der Waals surface area contributed by atoms with Crippen LogP contribution < -0.4 is 10.2 Å². The second-order valence-electron chi connectivity index (χ2n) is 4.94. The van der Waals surface area contributed by atoms with Gasteiger partial charge in [-0.3, -0.25) is 10.4 Å². The summed E-state index contributed by atoms with van der Waals surface area (Å²) >= 11 is 0. The zero-order valence-corrected chi connectivity index (χ0v) is 12.6. The number of ether oxygens (including phenoxy) is 1. The summed E-state index contributed by atoms with van der Waals surface area (Å²) in [5, 5.41) is 5.38. The Kier molecular flexibility index (Phi) is 4.01. The minimum absolute atomic E-state index is 0.795. The number of pyridine rings is 1. The van der Waals surface area contributed by atoms with Crippen LogP contribution in [0.1, 0.15) is 11.3 Å². The quantitative estimate of drug-likeness (QED) is 0.584. The Hall–Kier alpha value is -2.88. The molecule has 2 aromatic carbocycles. The Balaban J connectivity index is 1.89. The SMILES string of the molecule is COc1ccccc1/C=N/Nc1cc(C)nc2ccccc12. The number of aromatic nitrogens is 1. The highest BCUT2D eigenvalue weighted by molar-refractivity contribution is 5.92. The van der Waals surface area contributed by atoms with Crippen LogP contribution in [0.5, 0.6) is 5.75 Å². The average molecular weight is 291 g/mol. The van der Waals surface area contributed by atoms with Crippen LogP contribution in [-0.4, -0.2) is 18.3 Å². The first-order chi connectivity index (χ1) is 10.8. The van der Waals surface area contributed by atoms with Gasteiger partial charge in [-0.1, -0.05) is 30.3 Å². The van der Waals surface area contributed by atoms with E-state index in [4.69, 9.17) is 4.74 Å². The van der Waals surface area contributed by atoms with Crippen molar-refractivity contribution in [2.75, 3.05) is 12.5 Å². The van der Waals surface area contributed by atoms with Gasteiger partial charge in [-0.25, -0.2) is 0 Å². The molecule has 4 heteroatoms. The molecule has 0 aliphatic carbocycles. The molecule has 3 rings (SSSR count). The van der Waals surface area contributed by atoms with E-state index < -0.39 is 0 Å². The van der Waals surface area contributed by atoms with E-state index in [1.807, 2.05) is 61.5 Å². The van der Waals surface area contributed by atoms with Gasteiger partial charge in [-0.05, 0) is 31.2 Å². The Bertz CT molecular complexity index is 827. The molecule has 0 amide bonds. The zero-order chi connectivity index (χ0) is 15.4. The highest BCUT2D eigenvalue weighted by Crippen LogP contribution is 2.23. The molecule has 0 aliphatic rings. The molecule has 1 aromatic heterocycles. The Morgan fingerprint density at radius 2 is 1.86 bits per heavy atom. The first-order valence-electron chi connectivity index (χ1n) is 7.06. The first-order valence-corrected chi connectivity index (χ1v) is 7.06. The van der Waals surface area contributed by atoms with Crippen LogP contribution >= 0.6 is 0 Å². The minimum Gasteiger partial charge on any atom is -0.496 e. The van der Waals surface area contributed by atoms with Crippen LogP contribution in [-0.2, 0) is 0 Å². The first kappa shape index (κ1) is 14.1. The number of rotatable bonds is 4. The summed E-state index contributed by atoms with van der Waals surface area (Å²) in [5.74, 6) is 0.795. The van der Waals surface area contributed by atoms with Crippen molar-refractivity contribution in [2.45, 2.75) is 6.92 Å². The lowest BCUT2D eigenvalue weighted by Gasteiger charge is -2.07. The number of aryl methyl sites for hydroxylation is 1. The fourth-order valence-electron chi connectivity index (χ4n) is 2.34. The minimum atomic E-state index is 0.795. The third-order valence-electron chi connectivity index (χ3n) is 3.37. The fourth-order valence-corrected chi connectivity index (χ4v) is 2.34. The number of hydrogen-bond acceptors (Lipinski definition) is 4. The number of hydrazone groups is 1. The van der Waals surface area contributed by atoms with Crippen molar-refractivity contribution in [3.8, 4) is 5.75 Å². The van der Waals surface area contributed by atoms with E-state index in [0.717, 1.165) is 33.6 Å². The molecule has 0 saturated heterocycles. The fraction of sp³-hybridized carbons (Fsp3) is 0.111. The smallest absolute Gasteiger partial charge is 0.127 e. The molecular formula is C18H17N3O. The number of nitrogens with one attached hydrogen (secondary N) is 1. The molecule has 3 aromatic rings. The topological polar surface area (TPSA) is 46.5 Å². The van der Waals surface area contributed by atoms with E-state index in [1.165, 1.54) is 0 Å². The van der Waals surface area contributed by atoms with Gasteiger partial charge in [0.05, 0.1) is 24.5 Å². The highest BCUT2D eigenvalue weighted by Gasteiger charge is 2.02. The van der Waals surface area contributed by atoms with Gasteiger partial charge in [-0.2, -0.15) is 5.10 Å². The van der Waals surface area contributed by atoms with Crippen molar-refractivity contribution < 1.29 is 4.74 Å². The monoisotopic (exact) mass is 291 g/mol. The van der Waals surface area contributed by atoms with Crippen molar-refractivity contribution in [1.29, 1.82) is 0 Å². The second kappa shape index (κ2) is 6.26. The standard InChI is InChI=1S/C18H17N3O/c1-13-11-17(15-8-4-5-9-16(15)20-13)21-19-12-14-7-3-6-10-18(14)22-2/h3-12H,1-2H3,(H,20,21)/b19-12+. The lowest BCUT2D eigenvalue weighted by molar-refractivity contribution is 0.414. The zero-order valence-electron chi connectivity index (χ0n) is 12.6. The maximum atomic E-state index is 5.31. The van der Waals surface area contributed by atoms with E-state index in [9.17, 15) is 0 Å². The van der Waals surface area contributed by atoms with Gasteiger partial charge in [0.1, 0.15) is 5.75 Å². The van der Waals surface area contributed by atoms with Crippen molar-refractivity contribution in [3.63, 3.8) is 0 Å². The maximum Gasteiger partial charge on any atom is 0.127 e. The molecule has 0 saturated carbocycles. The molecule has 1 heterocycles. The molecule has 22 heavy (non-hydrogen) atoms. The van der Waals surface area contributed by atoms with Crippen molar-refractivity contribution >= 4 is 22.8 Å². The van der Waals surface area contributed by atoms with Crippen LogP contribution in [0.4, 0.5) is 5.69 Å². The summed E-state index contributed by atoms with van der Waals surface area (Å²) < 4.78 is 5.31. The van der Waals surface area contributed by atoms with Gasteiger partial charge in [0.15, 0.2) is 0 Å². The predicted octanol–water partition coefficient (Wildman–Crippen LogP) is 4.00. The molecule has 0 bridgehead atoms. The second-order valence-corrected chi connectivity index (χ2v) is 4.94. The van der Waals surface area contributed by atoms with Crippen molar-refractivity contribution in [3.05, 3.63) is 65.9 Å². The van der Waals surface area contributed by atoms with Gasteiger partial charge in [0.25, 0.3) is 0 Å². The number of anilines is 1. The largest absolute Gasteiger partial charge is 0.496 e. The summed E-state index contributed by atoms with van der Waals surface area (Å²) in [4.78, 5) is 4.52. The van der Waals surface area contributed by atoms with Crippen LogP contribution in [0.2, 0.25) is 0 Å². The van der Waals surface area contributed by atoms with Gasteiger partial charge in [0.2, 0.25) is 0 Å². The van der Waals surface area contributed by atoms with Gasteiger partial charge >= 0.3 is 0 Å². The van der Waals surface area contributed by atoms with E-state index in [1.54, 1.807) is 13.3 Å². The van der Waals surface area contributed by atoms with Gasteiger partial charge in [-0.15, -0.1) is 0 Å². The van der Waals surface area contributed by atoms with Crippen molar-refractivity contribution in [1.82, 2.24) is 4.98 Å². The summed E-state index contributed by atoms with van der Waals surface area (Å²) in [5.41, 5.74) is 6.87. The number of para-hydroxylation sites is 2. The number of methoxy groups -OCH3 is 1. The Morgan fingerprint density at radius 1 is 1.09 bits per heavy atom. The van der Waals surface area contributed by atoms with Crippen LogP contribution in [0.3, 0.4) is 0 Å². The molecule has 0 fully saturated rings. The number of fused-ring (bicyclic) bond motifs is 1. The van der Waals surface area contributed by atoms with Crippen molar-refractivity contribution in [2.24, 2.45) is 5.10 Å². The number of benzene rings is 2. The highest BCUT2D eigenvalue weighted by atomic mass is 16.5. The third kappa shape index (κ3) is 2.91. The number of nitrogens with zero attached hydrogens (tertiary/aromatic N) is 2. The van der Waals surface area contributed by atoms with Crippen LogP contribution in [0.15, 0.2) is 59.7 Å². The Labute approximate surface area is 129 Å². The molecular weight excluding hydrogens is 274 g/mol. The molecule has 0 radical (unpaired) electrons. The molecule has 0 aliphatic heterocycles.